The standard InChI is InChI=1S/C50H44N2O2/c1-31(2)41-11-7-9-37(27-41)25-35-13-17-39(18-14-35)40-19-15-36(16-20-40)26-38-10-8-12-44(28-38)52-34(6)48-30-43(22-24-46(48)50(52)54)42-21-23-45-47(29-42)33(5)51(32(3)4)49(45)53/h7-24,27-32H,5-6,25-26H2,1-4H3. The summed E-state index contributed by atoms with van der Waals surface area (Å²) in [6.45, 7) is 17.0. The van der Waals surface area contributed by atoms with Gasteiger partial charge in [0.1, 0.15) is 0 Å². The second kappa shape index (κ2) is 13.9. The largest absolute Gasteiger partial charge is 0.306 e. The first-order valence-electron chi connectivity index (χ1n) is 18.8. The molecule has 0 spiro atoms. The maximum atomic E-state index is 13.8. The fourth-order valence-electron chi connectivity index (χ4n) is 7.83. The average molecular weight is 705 g/mol. The highest BCUT2D eigenvalue weighted by Crippen LogP contribution is 2.40. The summed E-state index contributed by atoms with van der Waals surface area (Å²) in [6.07, 6.45) is 1.67. The van der Waals surface area contributed by atoms with Crippen LogP contribution in [0.25, 0.3) is 33.6 Å². The number of hydrogen-bond acceptors (Lipinski definition) is 2. The molecule has 0 aliphatic carbocycles. The van der Waals surface area contributed by atoms with Gasteiger partial charge in [-0.15, -0.1) is 0 Å². The van der Waals surface area contributed by atoms with E-state index in [9.17, 15) is 9.59 Å². The van der Waals surface area contributed by atoms with Crippen LogP contribution < -0.4 is 4.90 Å². The van der Waals surface area contributed by atoms with Gasteiger partial charge in [-0.3, -0.25) is 14.5 Å². The highest BCUT2D eigenvalue weighted by Gasteiger charge is 2.34. The fraction of sp³-hybridized carbons (Fsp3) is 0.160. The molecule has 4 nitrogen and oxygen atoms in total. The predicted molar refractivity (Wildman–Crippen MR) is 223 cm³/mol. The first-order chi connectivity index (χ1) is 26.0. The Labute approximate surface area is 318 Å². The Hall–Kier alpha value is -6.26. The Bertz CT molecular complexity index is 2470. The van der Waals surface area contributed by atoms with E-state index >= 15 is 0 Å². The smallest absolute Gasteiger partial charge is 0.263 e. The van der Waals surface area contributed by atoms with Gasteiger partial charge >= 0.3 is 0 Å². The summed E-state index contributed by atoms with van der Waals surface area (Å²) in [6, 6.07) is 46.5. The molecule has 0 unspecified atom stereocenters. The Morgan fingerprint density at radius 2 is 0.981 bits per heavy atom. The van der Waals surface area contributed by atoms with Crippen LogP contribution in [0.5, 0.6) is 0 Å². The number of fused-ring (bicyclic) bond motifs is 2. The van der Waals surface area contributed by atoms with Crippen LogP contribution in [0.15, 0.2) is 147 Å². The number of anilines is 1. The number of hydrogen-bond donors (Lipinski definition) is 0. The number of carbonyl (C=O) groups is 2. The molecule has 266 valence electrons. The molecule has 6 aromatic rings. The molecule has 2 aliphatic heterocycles. The van der Waals surface area contributed by atoms with Gasteiger partial charge in [-0.05, 0) is 119 Å². The molecule has 2 aliphatic rings. The van der Waals surface area contributed by atoms with E-state index in [1.54, 1.807) is 9.80 Å². The van der Waals surface area contributed by atoms with Crippen LogP contribution in [-0.2, 0) is 12.8 Å². The molecule has 4 heteroatoms. The quantitative estimate of drug-likeness (QED) is 0.150. The van der Waals surface area contributed by atoms with Crippen LogP contribution in [0.1, 0.15) is 93.3 Å². The van der Waals surface area contributed by atoms with E-state index in [-0.39, 0.29) is 17.9 Å². The summed E-state index contributed by atoms with van der Waals surface area (Å²) >= 11 is 0. The van der Waals surface area contributed by atoms with E-state index in [0.29, 0.717) is 22.7 Å². The summed E-state index contributed by atoms with van der Waals surface area (Å²) in [5, 5.41) is 0. The van der Waals surface area contributed by atoms with Crippen LogP contribution in [0.2, 0.25) is 0 Å². The molecule has 8 rings (SSSR count). The minimum Gasteiger partial charge on any atom is -0.306 e. The van der Waals surface area contributed by atoms with Crippen molar-refractivity contribution in [2.24, 2.45) is 0 Å². The molecular weight excluding hydrogens is 661 g/mol. The zero-order valence-corrected chi connectivity index (χ0v) is 31.4. The van der Waals surface area contributed by atoms with E-state index in [1.807, 2.05) is 62.4 Å². The molecule has 0 N–H and O–H groups in total. The molecule has 0 saturated heterocycles. The highest BCUT2D eigenvalue weighted by molar-refractivity contribution is 6.22. The van der Waals surface area contributed by atoms with E-state index in [4.69, 9.17) is 0 Å². The van der Waals surface area contributed by atoms with Crippen LogP contribution in [0.3, 0.4) is 0 Å². The Kier molecular flexibility index (Phi) is 8.99. The van der Waals surface area contributed by atoms with Crippen molar-refractivity contribution >= 4 is 28.9 Å². The van der Waals surface area contributed by atoms with Crippen molar-refractivity contribution in [2.45, 2.75) is 52.5 Å². The van der Waals surface area contributed by atoms with E-state index in [0.717, 1.165) is 52.0 Å². The Morgan fingerprint density at radius 1 is 0.481 bits per heavy atom. The third kappa shape index (κ3) is 6.39. The van der Waals surface area contributed by atoms with Gasteiger partial charge in [-0.25, -0.2) is 0 Å². The molecule has 2 amide bonds. The summed E-state index contributed by atoms with van der Waals surface area (Å²) in [5.74, 6) is 0.427. The maximum Gasteiger partial charge on any atom is 0.263 e. The van der Waals surface area contributed by atoms with E-state index in [2.05, 4.69) is 112 Å². The number of rotatable bonds is 9. The average Bonchev–Trinajstić information content (AvgIpc) is 3.58. The lowest BCUT2D eigenvalue weighted by Gasteiger charge is -2.21. The highest BCUT2D eigenvalue weighted by atomic mass is 16.2. The zero-order valence-electron chi connectivity index (χ0n) is 31.4. The summed E-state index contributed by atoms with van der Waals surface area (Å²) in [5.41, 5.74) is 15.8. The second-order valence-electron chi connectivity index (χ2n) is 15.1. The van der Waals surface area contributed by atoms with Gasteiger partial charge in [0.05, 0.1) is 5.70 Å². The first kappa shape index (κ1) is 34.8. The molecule has 6 aromatic carbocycles. The van der Waals surface area contributed by atoms with Crippen LogP contribution in [0, 0.1) is 0 Å². The van der Waals surface area contributed by atoms with Crippen LogP contribution >= 0.6 is 0 Å². The van der Waals surface area contributed by atoms with Crippen molar-refractivity contribution in [3.8, 4) is 22.3 Å². The van der Waals surface area contributed by atoms with Crippen molar-refractivity contribution in [3.05, 3.63) is 197 Å². The molecule has 54 heavy (non-hydrogen) atoms. The topological polar surface area (TPSA) is 40.6 Å². The summed E-state index contributed by atoms with van der Waals surface area (Å²) in [7, 11) is 0. The third-order valence-electron chi connectivity index (χ3n) is 10.8. The number of benzene rings is 6. The van der Waals surface area contributed by atoms with Gasteiger partial charge in [-0.1, -0.05) is 124 Å². The predicted octanol–water partition coefficient (Wildman–Crippen LogP) is 11.8. The molecule has 0 bridgehead atoms. The van der Waals surface area contributed by atoms with Gasteiger partial charge in [0.25, 0.3) is 11.8 Å². The lowest BCUT2D eigenvalue weighted by molar-refractivity contribution is 0.0821. The molecule has 0 fully saturated rings. The maximum absolute atomic E-state index is 13.8. The van der Waals surface area contributed by atoms with Crippen LogP contribution in [0.4, 0.5) is 5.69 Å². The summed E-state index contributed by atoms with van der Waals surface area (Å²) in [4.78, 5) is 30.2. The van der Waals surface area contributed by atoms with Gasteiger partial charge in [0.2, 0.25) is 0 Å². The monoisotopic (exact) mass is 704 g/mol. The lowest BCUT2D eigenvalue weighted by Crippen LogP contribution is -2.29. The van der Waals surface area contributed by atoms with Crippen molar-refractivity contribution in [3.63, 3.8) is 0 Å². The Morgan fingerprint density at radius 3 is 1.54 bits per heavy atom. The van der Waals surface area contributed by atoms with E-state index < -0.39 is 0 Å². The molecule has 0 saturated carbocycles. The van der Waals surface area contributed by atoms with Crippen LogP contribution in [-0.4, -0.2) is 22.8 Å². The Balaban J connectivity index is 0.957. The van der Waals surface area contributed by atoms with Crippen molar-refractivity contribution in [1.29, 1.82) is 0 Å². The van der Waals surface area contributed by atoms with Crippen molar-refractivity contribution in [1.82, 2.24) is 4.90 Å². The van der Waals surface area contributed by atoms with Gasteiger partial charge in [0.15, 0.2) is 0 Å². The molecule has 0 atom stereocenters. The molecule has 0 aromatic heterocycles. The first-order valence-corrected chi connectivity index (χ1v) is 18.8. The minimum atomic E-state index is -0.0846. The molecule has 2 heterocycles. The number of carbonyl (C=O) groups excluding carboxylic acids is 2. The number of amides is 2. The third-order valence-corrected chi connectivity index (χ3v) is 10.8. The molecular formula is C50H44N2O2. The van der Waals surface area contributed by atoms with E-state index in [1.165, 1.54) is 33.4 Å². The molecule has 0 radical (unpaired) electrons. The normalized spacial score (nSPS) is 13.7. The SMILES string of the molecule is C=C1c2cc(-c3ccc4c(c3)C(=C)N(C(C)C)C4=O)ccc2C(=O)N1c1cccc(Cc2ccc(-c3ccc(Cc4cccc(C(C)C)c4)cc3)cc2)c1. The van der Waals surface area contributed by atoms with Gasteiger partial charge in [-0.2, -0.15) is 0 Å². The zero-order chi connectivity index (χ0) is 37.7. The summed E-state index contributed by atoms with van der Waals surface area (Å²) < 4.78 is 0. The van der Waals surface area contributed by atoms with Crippen molar-refractivity contribution in [2.75, 3.05) is 4.90 Å². The minimum absolute atomic E-state index is 0.0139. The second-order valence-corrected chi connectivity index (χ2v) is 15.1. The lowest BCUT2D eigenvalue weighted by atomic mass is 9.96. The fourth-order valence-corrected chi connectivity index (χ4v) is 7.83. The van der Waals surface area contributed by atoms with Gasteiger partial charge in [0, 0.05) is 39.7 Å². The van der Waals surface area contributed by atoms with Gasteiger partial charge < -0.3 is 4.90 Å². The number of nitrogens with zero attached hydrogens (tertiary/aromatic N) is 2. The van der Waals surface area contributed by atoms with Crippen molar-refractivity contribution < 1.29 is 9.59 Å².